The molecule has 2 aromatic rings. The van der Waals surface area contributed by atoms with E-state index in [0.717, 1.165) is 0 Å². The van der Waals surface area contributed by atoms with Gasteiger partial charge in [-0.2, -0.15) is 4.31 Å². The molecule has 24 heavy (non-hydrogen) atoms. The molecule has 128 valence electrons. The van der Waals surface area contributed by atoms with Crippen LogP contribution < -0.4 is 5.32 Å². The van der Waals surface area contributed by atoms with Crippen molar-refractivity contribution in [3.63, 3.8) is 0 Å². The Hall–Kier alpha value is -1.78. The number of hydrogen-bond donors (Lipinski definition) is 1. The van der Waals surface area contributed by atoms with Crippen LogP contribution in [0.15, 0.2) is 27.9 Å². The first kappa shape index (κ1) is 15.7. The maximum Gasteiger partial charge on any atom is 0.273 e. The molecule has 0 bridgehead atoms. The summed E-state index contributed by atoms with van der Waals surface area (Å²) in [5.41, 5.74) is 0.273. The highest BCUT2D eigenvalue weighted by molar-refractivity contribution is 7.91. The van der Waals surface area contributed by atoms with Gasteiger partial charge >= 0.3 is 0 Å². The second kappa shape index (κ2) is 5.94. The van der Waals surface area contributed by atoms with Crippen LogP contribution in [0.2, 0.25) is 0 Å². The number of aromatic nitrogens is 3. The average molecular weight is 367 g/mol. The molecule has 2 aliphatic rings. The molecule has 2 aromatic heterocycles. The van der Waals surface area contributed by atoms with E-state index in [1.807, 2.05) is 0 Å². The van der Waals surface area contributed by atoms with Crippen molar-refractivity contribution in [2.75, 3.05) is 19.6 Å². The Morgan fingerprint density at radius 1 is 1.38 bits per heavy atom. The van der Waals surface area contributed by atoms with Crippen molar-refractivity contribution < 1.29 is 13.2 Å². The zero-order valence-electron chi connectivity index (χ0n) is 12.8. The number of carbonyl (C=O) groups is 1. The lowest BCUT2D eigenvalue weighted by Crippen LogP contribution is -2.50. The molecule has 2 fully saturated rings. The van der Waals surface area contributed by atoms with Crippen molar-refractivity contribution in [3.05, 3.63) is 29.4 Å². The smallest absolute Gasteiger partial charge is 0.273 e. The monoisotopic (exact) mass is 367 g/mol. The first-order chi connectivity index (χ1) is 11.5. The number of carbonyl (C=O) groups excluding carboxylic acids is 1. The second-order valence-corrected chi connectivity index (χ2v) is 9.26. The van der Waals surface area contributed by atoms with E-state index < -0.39 is 10.0 Å². The largest absolute Gasteiger partial charge is 0.350 e. The predicted molar refractivity (Wildman–Crippen MR) is 87.2 cm³/mol. The summed E-state index contributed by atoms with van der Waals surface area (Å²) < 4.78 is 28.0. The van der Waals surface area contributed by atoms with Crippen LogP contribution >= 0.6 is 11.3 Å². The molecule has 1 amide bonds. The van der Waals surface area contributed by atoms with E-state index in [0.29, 0.717) is 29.8 Å². The Morgan fingerprint density at radius 2 is 2.17 bits per heavy atom. The highest BCUT2D eigenvalue weighted by Crippen LogP contribution is 2.30. The van der Waals surface area contributed by atoms with E-state index in [-0.39, 0.29) is 17.6 Å². The fraction of sp³-hybridized carbons (Fsp3) is 0.500. The van der Waals surface area contributed by atoms with Crippen LogP contribution in [0.25, 0.3) is 0 Å². The van der Waals surface area contributed by atoms with E-state index in [1.54, 1.807) is 28.4 Å². The molecule has 1 N–H and O–H groups in total. The quantitative estimate of drug-likeness (QED) is 0.812. The maximum absolute atomic E-state index is 12.3. The number of thiophene rings is 1. The lowest BCUT2D eigenvalue weighted by atomic mass is 10.2. The summed E-state index contributed by atoms with van der Waals surface area (Å²) >= 11 is 1.21. The van der Waals surface area contributed by atoms with Gasteiger partial charge in [0.25, 0.3) is 15.9 Å². The van der Waals surface area contributed by atoms with Crippen LogP contribution in [0.1, 0.15) is 29.4 Å². The van der Waals surface area contributed by atoms with E-state index in [9.17, 15) is 13.2 Å². The molecule has 0 unspecified atom stereocenters. The molecular weight excluding hydrogens is 350 g/mol. The van der Waals surface area contributed by atoms with Gasteiger partial charge in [-0.25, -0.2) is 13.1 Å². The molecule has 0 radical (unpaired) electrons. The third-order valence-corrected chi connectivity index (χ3v) is 7.49. The Bertz CT molecular complexity index is 836. The molecule has 0 atom stereocenters. The molecular formula is C14H17N5O3S2. The molecule has 8 nitrogen and oxygen atoms in total. The van der Waals surface area contributed by atoms with E-state index in [2.05, 4.69) is 15.6 Å². The number of hydrogen-bond acceptors (Lipinski definition) is 6. The Kier molecular flexibility index (Phi) is 3.89. The third kappa shape index (κ3) is 2.96. The molecule has 10 heteroatoms. The van der Waals surface area contributed by atoms with Crippen LogP contribution in [0.4, 0.5) is 0 Å². The summed E-state index contributed by atoms with van der Waals surface area (Å²) in [5, 5.41) is 12.4. The van der Waals surface area contributed by atoms with Crippen molar-refractivity contribution in [1.29, 1.82) is 0 Å². The van der Waals surface area contributed by atoms with Gasteiger partial charge in [0, 0.05) is 19.6 Å². The van der Waals surface area contributed by atoms with Crippen molar-refractivity contribution in [2.24, 2.45) is 5.92 Å². The summed E-state index contributed by atoms with van der Waals surface area (Å²) in [6.07, 6.45) is 3.93. The number of sulfonamides is 1. The second-order valence-electron chi connectivity index (χ2n) is 6.15. The summed E-state index contributed by atoms with van der Waals surface area (Å²) in [6.45, 7) is 1.36. The normalized spacial score (nSPS) is 19.2. The van der Waals surface area contributed by atoms with Crippen LogP contribution in [-0.4, -0.2) is 53.3 Å². The first-order valence-electron chi connectivity index (χ1n) is 7.78. The van der Waals surface area contributed by atoms with Gasteiger partial charge in [0.1, 0.15) is 4.21 Å². The van der Waals surface area contributed by atoms with Crippen molar-refractivity contribution in [3.8, 4) is 0 Å². The minimum absolute atomic E-state index is 0.0859. The highest BCUT2D eigenvalue weighted by atomic mass is 32.2. The van der Waals surface area contributed by atoms with Crippen molar-refractivity contribution in [2.45, 2.75) is 23.1 Å². The SMILES string of the molecule is O=C(NCC1CC1)c1cn(C2CN(S(=O)(=O)c3cccs3)C2)nn1. The molecule has 1 saturated heterocycles. The lowest BCUT2D eigenvalue weighted by molar-refractivity contribution is 0.0946. The number of nitrogens with zero attached hydrogens (tertiary/aromatic N) is 4. The molecule has 4 rings (SSSR count). The zero-order valence-corrected chi connectivity index (χ0v) is 14.5. The Labute approximate surface area is 143 Å². The number of amides is 1. The van der Waals surface area contributed by atoms with Gasteiger partial charge in [0.05, 0.1) is 12.2 Å². The van der Waals surface area contributed by atoms with Gasteiger partial charge in [-0.15, -0.1) is 16.4 Å². The Balaban J connectivity index is 1.36. The van der Waals surface area contributed by atoms with Crippen LogP contribution in [-0.2, 0) is 10.0 Å². The van der Waals surface area contributed by atoms with Gasteiger partial charge in [0.15, 0.2) is 5.69 Å². The summed E-state index contributed by atoms with van der Waals surface area (Å²) in [5.74, 6) is 0.377. The molecule has 3 heterocycles. The standard InChI is InChI=1S/C14H17N5O3S2/c20-14(15-6-10-3-4-10)12-9-19(17-16-12)11-7-18(8-11)24(21,22)13-2-1-5-23-13/h1-2,5,9-11H,3-4,6-8H2,(H,15,20). The van der Waals surface area contributed by atoms with Gasteiger partial charge in [-0.05, 0) is 30.2 Å². The van der Waals surface area contributed by atoms with E-state index in [4.69, 9.17) is 0 Å². The summed E-state index contributed by atoms with van der Waals surface area (Å²) in [7, 11) is -3.41. The molecule has 1 saturated carbocycles. The maximum atomic E-state index is 12.3. The molecule has 0 aromatic carbocycles. The van der Waals surface area contributed by atoms with Crippen LogP contribution in [0, 0.1) is 5.92 Å². The highest BCUT2D eigenvalue weighted by Gasteiger charge is 2.39. The predicted octanol–water partition coefficient (Wildman–Crippen LogP) is 0.725. The van der Waals surface area contributed by atoms with Crippen molar-refractivity contribution >= 4 is 27.3 Å². The third-order valence-electron chi connectivity index (χ3n) is 4.28. The minimum Gasteiger partial charge on any atom is -0.350 e. The number of rotatable bonds is 6. The minimum atomic E-state index is -3.41. The number of nitrogens with one attached hydrogen (secondary N) is 1. The molecule has 1 aliphatic carbocycles. The van der Waals surface area contributed by atoms with Gasteiger partial charge in [-0.3, -0.25) is 4.79 Å². The zero-order chi connectivity index (χ0) is 16.7. The topological polar surface area (TPSA) is 97.2 Å². The molecule has 0 spiro atoms. The summed E-state index contributed by atoms with van der Waals surface area (Å²) in [6, 6.07) is 3.24. The fourth-order valence-electron chi connectivity index (χ4n) is 2.53. The Morgan fingerprint density at radius 3 is 2.83 bits per heavy atom. The van der Waals surface area contributed by atoms with Gasteiger partial charge < -0.3 is 5.32 Å². The van der Waals surface area contributed by atoms with Crippen molar-refractivity contribution in [1.82, 2.24) is 24.6 Å². The average Bonchev–Trinajstić information content (AvgIpc) is 3.00. The van der Waals surface area contributed by atoms with Gasteiger partial charge in [-0.1, -0.05) is 11.3 Å². The van der Waals surface area contributed by atoms with Gasteiger partial charge in [0.2, 0.25) is 0 Å². The van der Waals surface area contributed by atoms with Crippen LogP contribution in [0.3, 0.4) is 0 Å². The van der Waals surface area contributed by atoms with Crippen LogP contribution in [0.5, 0.6) is 0 Å². The lowest BCUT2D eigenvalue weighted by Gasteiger charge is -2.37. The molecule has 1 aliphatic heterocycles. The van der Waals surface area contributed by atoms with E-state index >= 15 is 0 Å². The van der Waals surface area contributed by atoms with E-state index in [1.165, 1.54) is 28.5 Å². The first-order valence-corrected chi connectivity index (χ1v) is 10.1. The fourth-order valence-corrected chi connectivity index (χ4v) is 5.19. The summed E-state index contributed by atoms with van der Waals surface area (Å²) in [4.78, 5) is 12.0.